The van der Waals surface area contributed by atoms with Gasteiger partial charge in [0.05, 0.1) is 19.2 Å². The summed E-state index contributed by atoms with van der Waals surface area (Å²) in [6, 6.07) is 0.159. The van der Waals surface area contributed by atoms with Crippen LogP contribution in [0.2, 0.25) is 0 Å². The zero-order valence-corrected chi connectivity index (χ0v) is 15.3. The Hall–Kier alpha value is -2.64. The Morgan fingerprint density at radius 3 is 2.50 bits per heavy atom. The lowest BCUT2D eigenvalue weighted by atomic mass is 9.92. The number of nitrogens with zero attached hydrogens (tertiary/aromatic N) is 3. The molecule has 140 valence electrons. The lowest BCUT2D eigenvalue weighted by Gasteiger charge is -2.29. The van der Waals surface area contributed by atoms with Gasteiger partial charge in [-0.1, -0.05) is 5.16 Å². The van der Waals surface area contributed by atoms with Gasteiger partial charge < -0.3 is 19.3 Å². The molecule has 2 aromatic heterocycles. The Labute approximate surface area is 152 Å². The summed E-state index contributed by atoms with van der Waals surface area (Å²) in [5, 5.41) is 6.99. The van der Waals surface area contributed by atoms with Gasteiger partial charge in [-0.3, -0.25) is 4.79 Å². The topological polar surface area (TPSA) is 99.4 Å². The number of amides is 1. The predicted molar refractivity (Wildman–Crippen MR) is 93.1 cm³/mol. The summed E-state index contributed by atoms with van der Waals surface area (Å²) in [6.07, 6.45) is 6.91. The Balaban J connectivity index is 1.47. The van der Waals surface area contributed by atoms with E-state index in [-0.39, 0.29) is 18.1 Å². The SMILES string of the molecule is COc1nccnc1OC1CCC(NC(=O)Cc2c(C)noc2C)CC1. The molecule has 2 heterocycles. The molecule has 0 spiro atoms. The maximum Gasteiger partial charge on any atom is 0.278 e. The molecule has 0 bridgehead atoms. The van der Waals surface area contributed by atoms with Crippen molar-refractivity contribution in [2.45, 2.75) is 58.1 Å². The standard InChI is InChI=1S/C18H24N4O4/c1-11-15(12(2)26-22-11)10-16(23)21-13-4-6-14(7-5-13)25-18-17(24-3)19-8-9-20-18/h8-9,13-14H,4-7,10H2,1-3H3,(H,21,23). The van der Waals surface area contributed by atoms with Crippen molar-refractivity contribution in [1.82, 2.24) is 20.4 Å². The van der Waals surface area contributed by atoms with E-state index in [0.717, 1.165) is 36.9 Å². The zero-order chi connectivity index (χ0) is 18.5. The third kappa shape index (κ3) is 4.30. The van der Waals surface area contributed by atoms with Crippen LogP contribution in [0.5, 0.6) is 11.8 Å². The van der Waals surface area contributed by atoms with Crippen LogP contribution in [0.15, 0.2) is 16.9 Å². The van der Waals surface area contributed by atoms with Crippen LogP contribution < -0.4 is 14.8 Å². The fourth-order valence-electron chi connectivity index (χ4n) is 3.21. The molecule has 1 amide bonds. The highest BCUT2D eigenvalue weighted by Gasteiger charge is 2.25. The summed E-state index contributed by atoms with van der Waals surface area (Å²) in [4.78, 5) is 20.6. The zero-order valence-electron chi connectivity index (χ0n) is 15.3. The largest absolute Gasteiger partial charge is 0.477 e. The van der Waals surface area contributed by atoms with Crippen LogP contribution in [0.3, 0.4) is 0 Å². The smallest absolute Gasteiger partial charge is 0.278 e. The van der Waals surface area contributed by atoms with Crippen LogP contribution in [-0.2, 0) is 11.2 Å². The number of aromatic nitrogens is 3. The average molecular weight is 360 g/mol. The van der Waals surface area contributed by atoms with Crippen LogP contribution in [0.25, 0.3) is 0 Å². The highest BCUT2D eigenvalue weighted by molar-refractivity contribution is 5.79. The maximum atomic E-state index is 12.3. The average Bonchev–Trinajstić information content (AvgIpc) is 2.96. The Kier molecular flexibility index (Phi) is 5.70. The van der Waals surface area contributed by atoms with Gasteiger partial charge in [-0.15, -0.1) is 0 Å². The summed E-state index contributed by atoms with van der Waals surface area (Å²) in [5.74, 6) is 1.51. The molecule has 3 rings (SSSR count). The molecule has 1 aliphatic carbocycles. The van der Waals surface area contributed by atoms with Crippen LogP contribution in [0.1, 0.15) is 42.7 Å². The summed E-state index contributed by atoms with van der Waals surface area (Å²) >= 11 is 0. The van der Waals surface area contributed by atoms with Crippen molar-refractivity contribution >= 4 is 5.91 Å². The van der Waals surface area contributed by atoms with E-state index in [0.29, 0.717) is 23.9 Å². The van der Waals surface area contributed by atoms with Crippen LogP contribution in [0.4, 0.5) is 0 Å². The first kappa shape index (κ1) is 18.2. The minimum atomic E-state index is -0.000589. The molecule has 8 nitrogen and oxygen atoms in total. The van der Waals surface area contributed by atoms with Crippen molar-refractivity contribution < 1.29 is 18.8 Å². The molecule has 26 heavy (non-hydrogen) atoms. The van der Waals surface area contributed by atoms with Crippen LogP contribution in [0, 0.1) is 13.8 Å². The minimum absolute atomic E-state index is 0.000589. The van der Waals surface area contributed by atoms with Crippen LogP contribution in [-0.4, -0.2) is 40.3 Å². The summed E-state index contributed by atoms with van der Waals surface area (Å²) in [6.45, 7) is 3.67. The van der Waals surface area contributed by atoms with E-state index in [9.17, 15) is 4.79 Å². The first-order chi connectivity index (χ1) is 12.6. The van der Waals surface area contributed by atoms with Gasteiger partial charge in [0.1, 0.15) is 11.9 Å². The Morgan fingerprint density at radius 1 is 1.19 bits per heavy atom. The van der Waals surface area contributed by atoms with Crippen molar-refractivity contribution in [2.75, 3.05) is 7.11 Å². The number of hydrogen-bond donors (Lipinski definition) is 1. The molecule has 0 aliphatic heterocycles. The van der Waals surface area contributed by atoms with Gasteiger partial charge in [-0.25, -0.2) is 9.97 Å². The molecular formula is C18H24N4O4. The molecule has 0 radical (unpaired) electrons. The van der Waals surface area contributed by atoms with E-state index < -0.39 is 0 Å². The molecule has 1 fully saturated rings. The van der Waals surface area contributed by atoms with E-state index >= 15 is 0 Å². The Bertz CT molecular complexity index is 734. The number of carbonyl (C=O) groups excluding carboxylic acids is 1. The summed E-state index contributed by atoms with van der Waals surface area (Å²) in [5.41, 5.74) is 1.64. The highest BCUT2D eigenvalue weighted by Crippen LogP contribution is 2.27. The van der Waals surface area contributed by atoms with Gasteiger partial charge in [-0.05, 0) is 39.5 Å². The molecule has 0 saturated heterocycles. The fraction of sp³-hybridized carbons (Fsp3) is 0.556. The maximum absolute atomic E-state index is 12.3. The van der Waals surface area contributed by atoms with Gasteiger partial charge in [0.25, 0.3) is 11.8 Å². The van der Waals surface area contributed by atoms with E-state index in [1.807, 2.05) is 13.8 Å². The lowest BCUT2D eigenvalue weighted by molar-refractivity contribution is -0.121. The number of nitrogens with one attached hydrogen (secondary N) is 1. The summed E-state index contributed by atoms with van der Waals surface area (Å²) in [7, 11) is 1.54. The van der Waals surface area contributed by atoms with Crippen molar-refractivity contribution in [3.8, 4) is 11.8 Å². The van der Waals surface area contributed by atoms with E-state index in [2.05, 4.69) is 20.4 Å². The first-order valence-corrected chi connectivity index (χ1v) is 8.79. The number of carbonyl (C=O) groups is 1. The number of ether oxygens (including phenoxy) is 2. The highest BCUT2D eigenvalue weighted by atomic mass is 16.5. The second-order valence-electron chi connectivity index (χ2n) is 6.51. The van der Waals surface area contributed by atoms with Gasteiger partial charge in [0, 0.05) is 24.0 Å². The van der Waals surface area contributed by atoms with E-state index in [1.165, 1.54) is 0 Å². The number of rotatable bonds is 6. The molecule has 8 heteroatoms. The van der Waals surface area contributed by atoms with Gasteiger partial charge in [0.2, 0.25) is 5.91 Å². The normalized spacial score (nSPS) is 19.8. The second kappa shape index (κ2) is 8.16. The van der Waals surface area contributed by atoms with Crippen molar-refractivity contribution in [3.05, 3.63) is 29.4 Å². The molecule has 2 aromatic rings. The predicted octanol–water partition coefficient (Wildman–Crippen LogP) is 2.14. The van der Waals surface area contributed by atoms with Crippen molar-refractivity contribution in [2.24, 2.45) is 0 Å². The monoisotopic (exact) mass is 360 g/mol. The lowest BCUT2D eigenvalue weighted by Crippen LogP contribution is -2.40. The molecule has 0 atom stereocenters. The summed E-state index contributed by atoms with van der Waals surface area (Å²) < 4.78 is 16.2. The van der Waals surface area contributed by atoms with Gasteiger partial charge in [-0.2, -0.15) is 0 Å². The minimum Gasteiger partial charge on any atom is -0.477 e. The van der Waals surface area contributed by atoms with E-state index in [1.54, 1.807) is 19.5 Å². The van der Waals surface area contributed by atoms with Crippen LogP contribution >= 0.6 is 0 Å². The molecule has 0 unspecified atom stereocenters. The number of hydrogen-bond acceptors (Lipinski definition) is 7. The third-order valence-electron chi connectivity index (χ3n) is 4.66. The van der Waals surface area contributed by atoms with Gasteiger partial charge in [0.15, 0.2) is 0 Å². The second-order valence-corrected chi connectivity index (χ2v) is 6.51. The number of methoxy groups -OCH3 is 1. The number of aryl methyl sites for hydroxylation is 2. The molecule has 1 aliphatic rings. The molecule has 1 N–H and O–H groups in total. The third-order valence-corrected chi connectivity index (χ3v) is 4.66. The quantitative estimate of drug-likeness (QED) is 0.842. The van der Waals surface area contributed by atoms with Gasteiger partial charge >= 0.3 is 0 Å². The fourth-order valence-corrected chi connectivity index (χ4v) is 3.21. The van der Waals surface area contributed by atoms with Crippen molar-refractivity contribution in [3.63, 3.8) is 0 Å². The van der Waals surface area contributed by atoms with E-state index in [4.69, 9.17) is 14.0 Å². The molecule has 0 aromatic carbocycles. The first-order valence-electron chi connectivity index (χ1n) is 8.79. The Morgan fingerprint density at radius 2 is 1.88 bits per heavy atom. The molecular weight excluding hydrogens is 336 g/mol. The van der Waals surface area contributed by atoms with Crippen molar-refractivity contribution in [1.29, 1.82) is 0 Å². The molecule has 1 saturated carbocycles.